The maximum atomic E-state index is 15.5. The van der Waals surface area contributed by atoms with Crippen molar-refractivity contribution >= 4 is 7.12 Å². The summed E-state index contributed by atoms with van der Waals surface area (Å²) in [6.45, 7) is 15.1. The molecular weight excluding hydrogens is 735 g/mol. The molecule has 58 heavy (non-hydrogen) atoms. The first-order valence-electron chi connectivity index (χ1n) is 23.4. The molecule has 2 aromatic carbocycles. The predicted molar refractivity (Wildman–Crippen MR) is 227 cm³/mol. The minimum absolute atomic E-state index is 0.108. The molecule has 4 aliphatic carbocycles. The molecule has 0 unspecified atom stereocenters. The molecule has 1 saturated heterocycles. The third-order valence-electron chi connectivity index (χ3n) is 16.4. The maximum Gasteiger partial charge on any atom is 0.461 e. The normalized spacial score (nSPS) is 31.7. The van der Waals surface area contributed by atoms with Gasteiger partial charge >= 0.3 is 13.2 Å². The second-order valence-corrected chi connectivity index (χ2v) is 21.1. The van der Waals surface area contributed by atoms with Crippen LogP contribution in [0.15, 0.2) is 24.3 Å². The van der Waals surface area contributed by atoms with Gasteiger partial charge in [0.1, 0.15) is 17.2 Å². The highest BCUT2D eigenvalue weighted by Crippen LogP contribution is 2.47. The van der Waals surface area contributed by atoms with Gasteiger partial charge in [0.2, 0.25) is 0 Å². The molecular formula is C50H73BF4O3. The first kappa shape index (κ1) is 44.2. The minimum Gasteiger partial charge on any atom is -0.403 e. The highest BCUT2D eigenvalue weighted by molar-refractivity contribution is 6.47. The lowest BCUT2D eigenvalue weighted by Gasteiger charge is -2.35. The average Bonchev–Trinajstić information content (AvgIpc) is 3.38. The fraction of sp³-hybridized carbons (Fsp3) is 0.760. The zero-order valence-corrected chi connectivity index (χ0v) is 36.9. The highest BCUT2D eigenvalue weighted by Gasteiger charge is 2.54. The van der Waals surface area contributed by atoms with Gasteiger partial charge in [0, 0.05) is 0 Å². The largest absolute Gasteiger partial charge is 0.461 e. The Hall–Kier alpha value is -1.90. The molecule has 7 rings (SSSR count). The van der Waals surface area contributed by atoms with E-state index in [2.05, 4.69) is 60.6 Å². The van der Waals surface area contributed by atoms with Crippen LogP contribution in [0.4, 0.5) is 17.6 Å². The lowest BCUT2D eigenvalue weighted by atomic mass is 9.61. The third kappa shape index (κ3) is 10.6. The molecule has 0 aromatic heterocycles. The Bertz CT molecular complexity index is 1620. The first-order chi connectivity index (χ1) is 27.4. The van der Waals surface area contributed by atoms with Gasteiger partial charge in [0.05, 0.1) is 17.3 Å². The molecule has 322 valence electrons. The lowest BCUT2D eigenvalue weighted by Crippen LogP contribution is -2.41. The molecule has 5 fully saturated rings. The summed E-state index contributed by atoms with van der Waals surface area (Å²) in [6, 6.07) is 6.99. The number of halogens is 4. The number of hydrogen-bond donors (Lipinski definition) is 0. The molecule has 2 aromatic rings. The van der Waals surface area contributed by atoms with Crippen molar-refractivity contribution in [2.24, 2.45) is 35.5 Å². The van der Waals surface area contributed by atoms with Crippen LogP contribution in [0.3, 0.4) is 0 Å². The average molecular weight is 809 g/mol. The minimum atomic E-state index is -4.00. The van der Waals surface area contributed by atoms with Crippen LogP contribution in [0.5, 0.6) is 0 Å². The van der Waals surface area contributed by atoms with Gasteiger partial charge in [-0.15, -0.1) is 0 Å². The van der Waals surface area contributed by atoms with Crippen LogP contribution in [-0.4, -0.2) is 24.4 Å². The lowest BCUT2D eigenvalue weighted by molar-refractivity contribution is -0.280. The van der Waals surface area contributed by atoms with Crippen LogP contribution in [0, 0.1) is 67.9 Å². The van der Waals surface area contributed by atoms with Gasteiger partial charge in [-0.1, -0.05) is 63.5 Å². The monoisotopic (exact) mass is 809 g/mol. The van der Waals surface area contributed by atoms with Gasteiger partial charge in [-0.05, 0) is 207 Å². The predicted octanol–water partition coefficient (Wildman–Crippen LogP) is 14.3. The zero-order chi connectivity index (χ0) is 41.4. The summed E-state index contributed by atoms with van der Waals surface area (Å²) in [5, 5.41) is 0. The number of aryl methyl sites for hydroxylation is 2. The van der Waals surface area contributed by atoms with Gasteiger partial charge in [0.25, 0.3) is 0 Å². The summed E-state index contributed by atoms with van der Waals surface area (Å²) in [5.74, 6) is 1.74. The molecule has 0 atom stereocenters. The summed E-state index contributed by atoms with van der Waals surface area (Å²) < 4.78 is 79.6. The fourth-order valence-electron chi connectivity index (χ4n) is 11.7. The highest BCUT2D eigenvalue weighted by atomic mass is 19.3. The van der Waals surface area contributed by atoms with E-state index in [1.807, 2.05) is 0 Å². The van der Waals surface area contributed by atoms with E-state index in [4.69, 9.17) is 14.0 Å². The molecule has 0 amide bonds. The van der Waals surface area contributed by atoms with Crippen LogP contribution < -0.4 is 0 Å². The van der Waals surface area contributed by atoms with Gasteiger partial charge in [0.15, 0.2) is 0 Å². The van der Waals surface area contributed by atoms with Gasteiger partial charge in [-0.2, -0.15) is 8.78 Å². The smallest absolute Gasteiger partial charge is 0.403 e. The number of rotatable bonds is 12. The summed E-state index contributed by atoms with van der Waals surface area (Å²) in [4.78, 5) is 0. The van der Waals surface area contributed by atoms with Crippen molar-refractivity contribution in [2.75, 3.05) is 0 Å². The second kappa shape index (κ2) is 18.2. The fourth-order valence-corrected chi connectivity index (χ4v) is 11.7. The second-order valence-electron chi connectivity index (χ2n) is 21.1. The Morgan fingerprint density at radius 2 is 0.931 bits per heavy atom. The van der Waals surface area contributed by atoms with Crippen molar-refractivity contribution in [3.05, 3.63) is 69.3 Å². The first-order valence-corrected chi connectivity index (χ1v) is 23.4. The van der Waals surface area contributed by atoms with Crippen molar-refractivity contribution < 1.29 is 31.6 Å². The molecule has 4 saturated carbocycles. The van der Waals surface area contributed by atoms with Crippen LogP contribution in [0.2, 0.25) is 5.82 Å². The van der Waals surface area contributed by atoms with Gasteiger partial charge in [-0.25, -0.2) is 8.78 Å². The van der Waals surface area contributed by atoms with E-state index < -0.39 is 29.4 Å². The van der Waals surface area contributed by atoms with Crippen molar-refractivity contribution in [1.82, 2.24) is 0 Å². The Kier molecular flexibility index (Phi) is 13.9. The van der Waals surface area contributed by atoms with E-state index in [-0.39, 0.29) is 18.3 Å². The molecule has 8 heteroatoms. The molecule has 0 N–H and O–H groups in total. The van der Waals surface area contributed by atoms with Crippen LogP contribution in [-0.2, 0) is 33.0 Å². The summed E-state index contributed by atoms with van der Waals surface area (Å²) >= 11 is 0. The van der Waals surface area contributed by atoms with E-state index in [1.165, 1.54) is 67.2 Å². The van der Waals surface area contributed by atoms with Crippen molar-refractivity contribution in [3.8, 4) is 0 Å². The Balaban J connectivity index is 0.804. The van der Waals surface area contributed by atoms with E-state index in [0.29, 0.717) is 54.3 Å². The van der Waals surface area contributed by atoms with Crippen LogP contribution >= 0.6 is 0 Å². The summed E-state index contributed by atoms with van der Waals surface area (Å²) in [7, 11) is -0.108. The topological polar surface area (TPSA) is 27.7 Å². The number of benzene rings is 2. The number of alkyl halides is 2. The molecule has 1 aliphatic heterocycles. The standard InChI is InChI=1S/C50H73BF4O3/c1-32-24-41(25-33(2)34(32)3)28-37-12-8-36(9-13-37)27-40-18-22-44(23-19-40)56-50(54,55)47-45(52)30-42(31-46(47)53)29-38-14-10-35(11-15-38)26-39-16-20-43(21-17-39)51-57-48(4,5)49(6,7)58-51/h24-25,30-31,35-40,43-44H,8-23,26-29H2,1-7H3. The maximum absolute atomic E-state index is 15.5. The van der Waals surface area contributed by atoms with Crippen LogP contribution in [0.25, 0.3) is 0 Å². The van der Waals surface area contributed by atoms with Crippen LogP contribution in [0.1, 0.15) is 177 Å². The summed E-state index contributed by atoms with van der Waals surface area (Å²) in [5.41, 5.74) is 4.28. The number of hydrogen-bond acceptors (Lipinski definition) is 3. The van der Waals surface area contributed by atoms with Gasteiger partial charge in [-0.3, -0.25) is 0 Å². The molecule has 0 bridgehead atoms. The molecule has 5 aliphatic rings. The van der Waals surface area contributed by atoms with E-state index >= 15 is 17.6 Å². The SMILES string of the molecule is Cc1cc(CC2CCC(CC3CCC(OC(F)(F)c4c(F)cc(CC5CCC(CC6CCC(B7OC(C)(C)C(C)(C)O7)CC6)CC5)cc4F)CC3)CC2)cc(C)c1C. The molecule has 3 nitrogen and oxygen atoms in total. The van der Waals surface area contributed by atoms with Gasteiger partial charge < -0.3 is 14.0 Å². The van der Waals surface area contributed by atoms with Crippen molar-refractivity contribution in [1.29, 1.82) is 0 Å². The quantitative estimate of drug-likeness (QED) is 0.158. The van der Waals surface area contributed by atoms with Crippen molar-refractivity contribution in [3.63, 3.8) is 0 Å². The molecule has 0 spiro atoms. The number of ether oxygens (including phenoxy) is 1. The Morgan fingerprint density at radius 3 is 1.36 bits per heavy atom. The third-order valence-corrected chi connectivity index (χ3v) is 16.4. The Morgan fingerprint density at radius 1 is 0.569 bits per heavy atom. The molecule has 0 radical (unpaired) electrons. The van der Waals surface area contributed by atoms with Crippen molar-refractivity contribution in [2.45, 2.75) is 206 Å². The van der Waals surface area contributed by atoms with E-state index in [0.717, 1.165) is 88.2 Å². The zero-order valence-electron chi connectivity index (χ0n) is 36.9. The summed E-state index contributed by atoms with van der Waals surface area (Å²) in [6.07, 6.45) is 16.0. The van der Waals surface area contributed by atoms with E-state index in [1.54, 1.807) is 0 Å². The van der Waals surface area contributed by atoms with E-state index in [9.17, 15) is 0 Å². The Labute approximate surface area is 348 Å². The molecule has 1 heterocycles.